The first-order valence-corrected chi connectivity index (χ1v) is 9.45. The predicted molar refractivity (Wildman–Crippen MR) is 108 cm³/mol. The Bertz CT molecular complexity index is 888. The van der Waals surface area contributed by atoms with Crippen LogP contribution in [0.1, 0.15) is 35.9 Å². The molecule has 0 saturated carbocycles. The number of morpholine rings is 1. The van der Waals surface area contributed by atoms with Gasteiger partial charge in [0, 0.05) is 41.3 Å². The van der Waals surface area contributed by atoms with Crippen LogP contribution in [0.2, 0.25) is 5.02 Å². The van der Waals surface area contributed by atoms with Crippen LogP contribution < -0.4 is 10.2 Å². The fourth-order valence-corrected chi connectivity index (χ4v) is 3.47. The molecule has 1 aliphatic rings. The summed E-state index contributed by atoms with van der Waals surface area (Å²) in [7, 11) is 0. The summed E-state index contributed by atoms with van der Waals surface area (Å²) < 4.78 is 5.84. The van der Waals surface area contributed by atoms with Crippen LogP contribution in [0.4, 0.5) is 11.4 Å². The van der Waals surface area contributed by atoms with E-state index < -0.39 is 4.92 Å². The van der Waals surface area contributed by atoms with Crippen molar-refractivity contribution in [3.05, 3.63) is 68.7 Å². The number of hydrogen-bond acceptors (Lipinski definition) is 5. The van der Waals surface area contributed by atoms with Crippen LogP contribution in [-0.4, -0.2) is 36.6 Å². The van der Waals surface area contributed by atoms with Gasteiger partial charge in [-0.1, -0.05) is 29.8 Å². The Morgan fingerprint density at radius 1 is 1.32 bits per heavy atom. The lowest BCUT2D eigenvalue weighted by Crippen LogP contribution is -2.39. The molecule has 0 spiro atoms. The van der Waals surface area contributed by atoms with Crippen molar-refractivity contribution in [2.24, 2.45) is 0 Å². The van der Waals surface area contributed by atoms with Gasteiger partial charge in [0.1, 0.15) is 11.8 Å². The summed E-state index contributed by atoms with van der Waals surface area (Å²) in [4.78, 5) is 25.3. The first kappa shape index (κ1) is 20.1. The van der Waals surface area contributed by atoms with Gasteiger partial charge in [-0.25, -0.2) is 0 Å². The molecule has 28 heavy (non-hydrogen) atoms. The van der Waals surface area contributed by atoms with E-state index in [9.17, 15) is 14.9 Å². The molecule has 2 aromatic carbocycles. The number of nitrogens with one attached hydrogen (secondary N) is 1. The minimum absolute atomic E-state index is 0.0538. The standard InChI is InChI=1S/C20H22ClN3O4/c1-13(2)22-20(25)14-7-8-17(18(11-14)24(26)27)23-9-10-28-19(12-23)15-5-3-4-6-16(15)21/h3-8,11,13,19H,9-10,12H2,1-2H3,(H,22,25). The van der Waals surface area contributed by atoms with Crippen molar-refractivity contribution in [1.29, 1.82) is 0 Å². The maximum absolute atomic E-state index is 12.2. The van der Waals surface area contributed by atoms with Gasteiger partial charge in [-0.05, 0) is 32.0 Å². The number of halogens is 1. The number of hydrogen-bond donors (Lipinski definition) is 1. The van der Waals surface area contributed by atoms with Gasteiger partial charge in [0.05, 0.1) is 11.5 Å². The molecule has 0 aliphatic carbocycles. The Morgan fingerprint density at radius 2 is 2.07 bits per heavy atom. The van der Waals surface area contributed by atoms with E-state index in [2.05, 4.69) is 5.32 Å². The number of amides is 1. The van der Waals surface area contributed by atoms with E-state index in [1.165, 1.54) is 6.07 Å². The zero-order chi connectivity index (χ0) is 20.3. The number of benzene rings is 2. The lowest BCUT2D eigenvalue weighted by molar-refractivity contribution is -0.384. The normalized spacial score (nSPS) is 16.9. The van der Waals surface area contributed by atoms with Gasteiger partial charge in [-0.3, -0.25) is 14.9 Å². The summed E-state index contributed by atoms with van der Waals surface area (Å²) in [6, 6.07) is 11.9. The van der Waals surface area contributed by atoms with Crippen molar-refractivity contribution < 1.29 is 14.5 Å². The van der Waals surface area contributed by atoms with Crippen LogP contribution in [0, 0.1) is 10.1 Å². The molecule has 1 saturated heterocycles. The molecule has 1 atom stereocenters. The van der Waals surface area contributed by atoms with E-state index in [4.69, 9.17) is 16.3 Å². The second-order valence-corrected chi connectivity index (χ2v) is 7.32. The van der Waals surface area contributed by atoms with Gasteiger partial charge >= 0.3 is 0 Å². The van der Waals surface area contributed by atoms with Crippen molar-refractivity contribution in [1.82, 2.24) is 5.32 Å². The fraction of sp³-hybridized carbons (Fsp3) is 0.350. The molecule has 1 amide bonds. The van der Waals surface area contributed by atoms with Gasteiger partial charge in [-0.2, -0.15) is 0 Å². The first-order valence-electron chi connectivity index (χ1n) is 9.07. The molecule has 1 fully saturated rings. The SMILES string of the molecule is CC(C)NC(=O)c1ccc(N2CCOC(c3ccccc3Cl)C2)c([N+](=O)[O-])c1. The second kappa shape index (κ2) is 8.58. The van der Waals surface area contributed by atoms with E-state index in [1.54, 1.807) is 18.2 Å². The van der Waals surface area contributed by atoms with Crippen molar-refractivity contribution in [3.63, 3.8) is 0 Å². The summed E-state index contributed by atoms with van der Waals surface area (Å²) in [6.07, 6.45) is -0.286. The maximum Gasteiger partial charge on any atom is 0.293 e. The van der Waals surface area contributed by atoms with Crippen LogP contribution in [0.3, 0.4) is 0 Å². The van der Waals surface area contributed by atoms with Gasteiger partial charge in [0.15, 0.2) is 0 Å². The molecule has 8 heteroatoms. The molecule has 7 nitrogen and oxygen atoms in total. The predicted octanol–water partition coefficient (Wildman–Crippen LogP) is 3.96. The fourth-order valence-electron chi connectivity index (χ4n) is 3.22. The smallest absolute Gasteiger partial charge is 0.293 e. The van der Waals surface area contributed by atoms with E-state index in [0.29, 0.717) is 30.4 Å². The first-order chi connectivity index (χ1) is 13.4. The van der Waals surface area contributed by atoms with E-state index in [1.807, 2.05) is 36.9 Å². The Hall–Kier alpha value is -2.64. The van der Waals surface area contributed by atoms with E-state index in [-0.39, 0.29) is 29.3 Å². The molecule has 148 valence electrons. The van der Waals surface area contributed by atoms with E-state index in [0.717, 1.165) is 5.56 Å². The second-order valence-electron chi connectivity index (χ2n) is 6.92. The van der Waals surface area contributed by atoms with Crippen LogP contribution >= 0.6 is 11.6 Å². The van der Waals surface area contributed by atoms with E-state index >= 15 is 0 Å². The lowest BCUT2D eigenvalue weighted by atomic mass is 10.1. The molecule has 2 aromatic rings. The molecule has 0 bridgehead atoms. The van der Waals surface area contributed by atoms with Crippen molar-refractivity contribution >= 4 is 28.9 Å². The average molecular weight is 404 g/mol. The molecular formula is C20H22ClN3O4. The minimum atomic E-state index is -0.457. The number of nitro benzene ring substituents is 1. The summed E-state index contributed by atoms with van der Waals surface area (Å²) in [5.41, 5.74) is 1.48. The topological polar surface area (TPSA) is 84.7 Å². The largest absolute Gasteiger partial charge is 0.370 e. The number of carbonyl (C=O) groups is 1. The maximum atomic E-state index is 12.2. The molecular weight excluding hydrogens is 382 g/mol. The highest BCUT2D eigenvalue weighted by molar-refractivity contribution is 6.31. The number of rotatable bonds is 5. The number of nitro groups is 1. The molecule has 1 N–H and O–H groups in total. The highest BCUT2D eigenvalue weighted by Gasteiger charge is 2.28. The minimum Gasteiger partial charge on any atom is -0.370 e. The van der Waals surface area contributed by atoms with Gasteiger partial charge in [0.2, 0.25) is 0 Å². The molecule has 0 aromatic heterocycles. The molecule has 1 aliphatic heterocycles. The third-order valence-electron chi connectivity index (χ3n) is 4.51. The highest BCUT2D eigenvalue weighted by atomic mass is 35.5. The third-order valence-corrected chi connectivity index (χ3v) is 4.86. The van der Waals surface area contributed by atoms with Gasteiger partial charge in [-0.15, -0.1) is 0 Å². The van der Waals surface area contributed by atoms with Crippen LogP contribution in [0.15, 0.2) is 42.5 Å². The van der Waals surface area contributed by atoms with Crippen LogP contribution in [-0.2, 0) is 4.74 Å². The molecule has 1 unspecified atom stereocenters. The molecule has 3 rings (SSSR count). The molecule has 1 heterocycles. The summed E-state index contributed by atoms with van der Waals surface area (Å²) >= 11 is 6.28. The number of anilines is 1. The zero-order valence-corrected chi connectivity index (χ0v) is 16.5. The summed E-state index contributed by atoms with van der Waals surface area (Å²) in [5, 5.41) is 15.0. The Labute approximate surface area is 168 Å². The average Bonchev–Trinajstić information content (AvgIpc) is 2.67. The monoisotopic (exact) mass is 403 g/mol. The van der Waals surface area contributed by atoms with Crippen molar-refractivity contribution in [3.8, 4) is 0 Å². The Kier molecular flexibility index (Phi) is 6.16. The lowest BCUT2D eigenvalue weighted by Gasteiger charge is -2.34. The summed E-state index contributed by atoms with van der Waals surface area (Å²) in [5.74, 6) is -0.333. The van der Waals surface area contributed by atoms with Gasteiger partial charge in [0.25, 0.3) is 11.6 Å². The zero-order valence-electron chi connectivity index (χ0n) is 15.7. The Balaban J connectivity index is 1.88. The quantitative estimate of drug-likeness (QED) is 0.603. The number of nitrogens with zero attached hydrogens (tertiary/aromatic N) is 2. The van der Waals surface area contributed by atoms with Crippen LogP contribution in [0.25, 0.3) is 0 Å². The highest BCUT2D eigenvalue weighted by Crippen LogP contribution is 2.35. The Morgan fingerprint density at radius 3 is 2.75 bits per heavy atom. The third kappa shape index (κ3) is 4.43. The summed E-state index contributed by atoms with van der Waals surface area (Å²) in [6.45, 7) is 5.04. The number of carbonyl (C=O) groups excluding carboxylic acids is 1. The van der Waals surface area contributed by atoms with Crippen LogP contribution in [0.5, 0.6) is 0 Å². The molecule has 0 radical (unpaired) electrons. The van der Waals surface area contributed by atoms with Gasteiger partial charge < -0.3 is 15.0 Å². The van der Waals surface area contributed by atoms with Crippen molar-refractivity contribution in [2.75, 3.05) is 24.6 Å². The number of ether oxygens (including phenoxy) is 1. The van der Waals surface area contributed by atoms with Crippen molar-refractivity contribution in [2.45, 2.75) is 26.0 Å².